The number of rotatable bonds is 5. The van der Waals surface area contributed by atoms with E-state index in [9.17, 15) is 17.6 Å². The van der Waals surface area contributed by atoms with Crippen molar-refractivity contribution in [3.63, 3.8) is 0 Å². The van der Waals surface area contributed by atoms with E-state index < -0.39 is 32.7 Å². The van der Waals surface area contributed by atoms with E-state index in [1.807, 2.05) is 4.72 Å². The van der Waals surface area contributed by atoms with Gasteiger partial charge in [-0.3, -0.25) is 4.72 Å². The van der Waals surface area contributed by atoms with Crippen LogP contribution in [0, 0.1) is 12.7 Å². The molecule has 1 N–H and O–H groups in total. The zero-order valence-electron chi connectivity index (χ0n) is 13.8. The number of nitrogens with zero attached hydrogens (tertiary/aromatic N) is 4. The number of hydrogen-bond acceptors (Lipinski definition) is 7. The van der Waals surface area contributed by atoms with E-state index in [4.69, 9.17) is 4.74 Å². The van der Waals surface area contributed by atoms with E-state index in [0.717, 1.165) is 6.07 Å². The number of halogens is 1. The smallest absolute Gasteiger partial charge is 0.340 e. The summed E-state index contributed by atoms with van der Waals surface area (Å²) in [6, 6.07) is 5.17. The molecular weight excluding hydrogens is 365 g/mol. The first-order valence-corrected chi connectivity index (χ1v) is 8.98. The van der Waals surface area contributed by atoms with Gasteiger partial charge in [0.05, 0.1) is 17.9 Å². The van der Waals surface area contributed by atoms with Crippen molar-refractivity contribution < 1.29 is 22.3 Å². The largest absolute Gasteiger partial charge is 0.462 e. The Bertz CT molecular complexity index is 1100. The van der Waals surface area contributed by atoms with Crippen LogP contribution >= 0.6 is 0 Å². The van der Waals surface area contributed by atoms with Crippen LogP contribution < -0.4 is 4.72 Å². The highest BCUT2D eigenvalue weighted by Gasteiger charge is 2.26. The minimum Gasteiger partial charge on any atom is -0.462 e. The molecule has 0 aliphatic rings. The molecule has 136 valence electrons. The number of ether oxygens (including phenoxy) is 1. The molecule has 26 heavy (non-hydrogen) atoms. The van der Waals surface area contributed by atoms with Crippen LogP contribution in [0.3, 0.4) is 0 Å². The van der Waals surface area contributed by atoms with Gasteiger partial charge in [0.1, 0.15) is 5.82 Å². The lowest BCUT2D eigenvalue weighted by atomic mass is 10.2. The SMILES string of the molecule is CCOC(=O)c1cccc(F)c1NS(=O)(=O)c1nc2nccc(C)n2n1. The molecule has 2 heterocycles. The number of aromatic nitrogens is 4. The van der Waals surface area contributed by atoms with Gasteiger partial charge >= 0.3 is 5.97 Å². The first kappa shape index (κ1) is 17.7. The Kier molecular flexibility index (Phi) is 4.55. The van der Waals surface area contributed by atoms with Gasteiger partial charge in [0.15, 0.2) is 0 Å². The number of benzene rings is 1. The Labute approximate surface area is 147 Å². The van der Waals surface area contributed by atoms with Crippen molar-refractivity contribution in [3.8, 4) is 0 Å². The van der Waals surface area contributed by atoms with Crippen LogP contribution in [0.4, 0.5) is 10.1 Å². The predicted octanol–water partition coefficient (Wildman–Crippen LogP) is 1.55. The molecule has 0 spiro atoms. The fourth-order valence-corrected chi connectivity index (χ4v) is 3.15. The standard InChI is InChI=1S/C15H14FN5O4S/c1-3-25-13(22)10-5-4-6-11(16)12(10)20-26(23,24)15-18-14-17-8-7-9(2)21(14)19-15/h4-8,20H,3H2,1-2H3. The van der Waals surface area contributed by atoms with Gasteiger partial charge < -0.3 is 4.74 Å². The Morgan fingerprint density at radius 3 is 2.81 bits per heavy atom. The van der Waals surface area contributed by atoms with Crippen molar-refractivity contribution in [1.82, 2.24) is 19.6 Å². The zero-order chi connectivity index (χ0) is 18.9. The molecule has 0 atom stereocenters. The number of aryl methyl sites for hydroxylation is 1. The van der Waals surface area contributed by atoms with Gasteiger partial charge in [-0.1, -0.05) is 6.07 Å². The summed E-state index contributed by atoms with van der Waals surface area (Å²) in [6.45, 7) is 3.33. The molecule has 3 aromatic rings. The first-order chi connectivity index (χ1) is 12.3. The number of esters is 1. The summed E-state index contributed by atoms with van der Waals surface area (Å²) < 4.78 is 47.4. The van der Waals surface area contributed by atoms with Crippen LogP contribution in [0.25, 0.3) is 5.78 Å². The van der Waals surface area contributed by atoms with E-state index in [2.05, 4.69) is 15.1 Å². The van der Waals surface area contributed by atoms with E-state index in [1.165, 1.54) is 22.8 Å². The highest BCUT2D eigenvalue weighted by molar-refractivity contribution is 7.92. The lowest BCUT2D eigenvalue weighted by molar-refractivity contribution is 0.0527. The molecule has 3 rings (SSSR count). The van der Waals surface area contributed by atoms with E-state index >= 15 is 0 Å². The molecule has 9 nitrogen and oxygen atoms in total. The topological polar surface area (TPSA) is 116 Å². The monoisotopic (exact) mass is 379 g/mol. The van der Waals surface area contributed by atoms with E-state index in [1.54, 1.807) is 19.9 Å². The van der Waals surface area contributed by atoms with Crippen LogP contribution in [-0.2, 0) is 14.8 Å². The third kappa shape index (κ3) is 3.20. The molecule has 0 aliphatic heterocycles. The summed E-state index contributed by atoms with van der Waals surface area (Å²) in [4.78, 5) is 19.7. The van der Waals surface area contributed by atoms with Gasteiger partial charge in [-0.15, -0.1) is 5.10 Å². The van der Waals surface area contributed by atoms with Gasteiger partial charge in [0.25, 0.3) is 21.0 Å². The highest BCUT2D eigenvalue weighted by atomic mass is 32.2. The Morgan fingerprint density at radius 2 is 2.12 bits per heavy atom. The maximum atomic E-state index is 14.2. The molecule has 0 saturated carbocycles. The number of carbonyl (C=O) groups is 1. The maximum absolute atomic E-state index is 14.2. The second-order valence-electron chi connectivity index (χ2n) is 5.18. The van der Waals surface area contributed by atoms with Crippen molar-refractivity contribution in [1.29, 1.82) is 0 Å². The van der Waals surface area contributed by atoms with Gasteiger partial charge in [-0.2, -0.15) is 13.4 Å². The number of fused-ring (bicyclic) bond motifs is 1. The van der Waals surface area contributed by atoms with Gasteiger partial charge in [0.2, 0.25) is 0 Å². The van der Waals surface area contributed by atoms with Gasteiger partial charge in [-0.25, -0.2) is 18.7 Å². The number of anilines is 1. The van der Waals surface area contributed by atoms with Crippen molar-refractivity contribution in [2.45, 2.75) is 19.0 Å². The third-order valence-corrected chi connectivity index (χ3v) is 4.52. The molecule has 0 fully saturated rings. The fraction of sp³-hybridized carbons (Fsp3) is 0.200. The van der Waals surface area contributed by atoms with Crippen LogP contribution in [0.15, 0.2) is 35.6 Å². The number of sulfonamides is 1. The first-order valence-electron chi connectivity index (χ1n) is 7.50. The minimum atomic E-state index is -4.37. The third-order valence-electron chi connectivity index (χ3n) is 3.40. The summed E-state index contributed by atoms with van der Waals surface area (Å²) in [5, 5.41) is 3.27. The molecular formula is C15H14FN5O4S. The van der Waals surface area contributed by atoms with Crippen LogP contribution in [-0.4, -0.2) is 40.6 Å². The highest BCUT2D eigenvalue weighted by Crippen LogP contribution is 2.23. The molecule has 0 unspecified atom stereocenters. The molecule has 0 aliphatic carbocycles. The molecule has 2 aromatic heterocycles. The summed E-state index contributed by atoms with van der Waals surface area (Å²) >= 11 is 0. The predicted molar refractivity (Wildman–Crippen MR) is 88.7 cm³/mol. The van der Waals surface area contributed by atoms with Crippen LogP contribution in [0.2, 0.25) is 0 Å². The van der Waals surface area contributed by atoms with Gasteiger partial charge in [0, 0.05) is 11.9 Å². The maximum Gasteiger partial charge on any atom is 0.340 e. The summed E-state index contributed by atoms with van der Waals surface area (Å²) in [7, 11) is -4.37. The number of carbonyl (C=O) groups excluding carboxylic acids is 1. The van der Waals surface area contributed by atoms with Crippen molar-refractivity contribution in [2.75, 3.05) is 11.3 Å². The Morgan fingerprint density at radius 1 is 1.35 bits per heavy atom. The second kappa shape index (κ2) is 6.67. The zero-order valence-corrected chi connectivity index (χ0v) is 14.6. The number of nitrogens with one attached hydrogen (secondary N) is 1. The number of hydrogen-bond donors (Lipinski definition) is 1. The van der Waals surface area contributed by atoms with Crippen molar-refractivity contribution >= 4 is 27.5 Å². The van der Waals surface area contributed by atoms with Gasteiger partial charge in [-0.05, 0) is 32.0 Å². The summed E-state index contributed by atoms with van der Waals surface area (Å²) in [5.74, 6) is -1.72. The molecule has 0 radical (unpaired) electrons. The normalized spacial score (nSPS) is 11.5. The van der Waals surface area contributed by atoms with E-state index in [-0.39, 0.29) is 17.9 Å². The lowest BCUT2D eigenvalue weighted by Crippen LogP contribution is -2.19. The molecule has 11 heteroatoms. The van der Waals surface area contributed by atoms with Crippen molar-refractivity contribution in [2.24, 2.45) is 0 Å². The van der Waals surface area contributed by atoms with Crippen LogP contribution in [0.5, 0.6) is 0 Å². The Hall–Kier alpha value is -3.08. The lowest BCUT2D eigenvalue weighted by Gasteiger charge is -2.11. The number of para-hydroxylation sites is 1. The molecule has 0 amide bonds. The average molecular weight is 379 g/mol. The van der Waals surface area contributed by atoms with E-state index in [0.29, 0.717) is 5.69 Å². The van der Waals surface area contributed by atoms with Crippen LogP contribution in [0.1, 0.15) is 23.0 Å². The Balaban J connectivity index is 2.04. The molecule has 0 bridgehead atoms. The summed E-state index contributed by atoms with van der Waals surface area (Å²) in [5.41, 5.74) is -0.176. The fourth-order valence-electron chi connectivity index (χ4n) is 2.19. The minimum absolute atomic E-state index is 0.0560. The van der Waals surface area contributed by atoms with Crippen molar-refractivity contribution in [3.05, 3.63) is 47.5 Å². The molecule has 0 saturated heterocycles. The average Bonchev–Trinajstić information content (AvgIpc) is 3.03. The second-order valence-corrected chi connectivity index (χ2v) is 6.76. The molecule has 1 aromatic carbocycles. The quantitative estimate of drug-likeness (QED) is 0.669. The summed E-state index contributed by atoms with van der Waals surface area (Å²) in [6.07, 6.45) is 1.46.